The quantitative estimate of drug-likeness (QED) is 0.726. The first kappa shape index (κ1) is 10.9. The molecule has 1 heterocycles. The van der Waals surface area contributed by atoms with Crippen LogP contribution in [-0.4, -0.2) is 48.5 Å². The van der Waals surface area contributed by atoms with E-state index in [0.29, 0.717) is 17.6 Å². The van der Waals surface area contributed by atoms with Crippen LogP contribution in [0.4, 0.5) is 0 Å². The first-order valence-electron chi connectivity index (χ1n) is 4.75. The van der Waals surface area contributed by atoms with Gasteiger partial charge in [0.2, 0.25) is 5.91 Å². The molecule has 0 aromatic rings. The number of amides is 1. The van der Waals surface area contributed by atoms with Crippen LogP contribution in [0, 0.1) is 0 Å². The molecule has 1 aliphatic rings. The summed E-state index contributed by atoms with van der Waals surface area (Å²) in [6.45, 7) is 5.74. The fourth-order valence-corrected chi connectivity index (χ4v) is 1.68. The van der Waals surface area contributed by atoms with Gasteiger partial charge in [0, 0.05) is 37.8 Å². The van der Waals surface area contributed by atoms with Crippen LogP contribution in [-0.2, 0) is 4.79 Å². The lowest BCUT2D eigenvalue weighted by Crippen LogP contribution is -2.46. The standard InChI is InChI=1S/C9H18N2OS/c1-8(13-2)7-9(12)11-5-3-10-4-6-11/h8,10H,3-7H2,1-2H3/t8-/m0/s1. The smallest absolute Gasteiger partial charge is 0.223 e. The number of thioether (sulfide) groups is 1. The van der Waals surface area contributed by atoms with Gasteiger partial charge in [0.15, 0.2) is 0 Å². The number of nitrogens with one attached hydrogen (secondary N) is 1. The van der Waals surface area contributed by atoms with Crippen LogP contribution in [0.25, 0.3) is 0 Å². The number of piperazine rings is 1. The van der Waals surface area contributed by atoms with Crippen molar-refractivity contribution < 1.29 is 4.79 Å². The van der Waals surface area contributed by atoms with E-state index in [9.17, 15) is 4.79 Å². The largest absolute Gasteiger partial charge is 0.340 e. The summed E-state index contributed by atoms with van der Waals surface area (Å²) in [6.07, 6.45) is 2.73. The van der Waals surface area contributed by atoms with E-state index >= 15 is 0 Å². The summed E-state index contributed by atoms with van der Waals surface area (Å²) in [4.78, 5) is 13.6. The van der Waals surface area contributed by atoms with Gasteiger partial charge in [-0.15, -0.1) is 0 Å². The third-order valence-electron chi connectivity index (χ3n) is 2.33. The molecule has 0 aromatic heterocycles. The maximum atomic E-state index is 11.7. The van der Waals surface area contributed by atoms with Crippen LogP contribution in [0.15, 0.2) is 0 Å². The summed E-state index contributed by atoms with van der Waals surface area (Å²) in [7, 11) is 0. The van der Waals surface area contributed by atoms with Gasteiger partial charge in [0.05, 0.1) is 0 Å². The molecule has 13 heavy (non-hydrogen) atoms. The van der Waals surface area contributed by atoms with Crippen molar-refractivity contribution >= 4 is 17.7 Å². The molecule has 0 bridgehead atoms. The van der Waals surface area contributed by atoms with Crippen molar-refractivity contribution in [1.82, 2.24) is 10.2 Å². The summed E-state index contributed by atoms with van der Waals surface area (Å²) in [5, 5.41) is 3.68. The Hall–Kier alpha value is -0.220. The minimum atomic E-state index is 0.309. The van der Waals surface area contributed by atoms with Crippen molar-refractivity contribution in [3.8, 4) is 0 Å². The van der Waals surface area contributed by atoms with Gasteiger partial charge in [-0.05, 0) is 6.26 Å². The SMILES string of the molecule is CS[C@@H](C)CC(=O)N1CCNCC1. The minimum absolute atomic E-state index is 0.309. The van der Waals surface area contributed by atoms with Crippen LogP contribution in [0.1, 0.15) is 13.3 Å². The molecule has 0 aromatic carbocycles. The Bertz CT molecular complexity index is 169. The lowest BCUT2D eigenvalue weighted by molar-refractivity contribution is -0.131. The fourth-order valence-electron chi connectivity index (χ4n) is 1.37. The molecule has 0 aliphatic carbocycles. The number of hydrogen-bond donors (Lipinski definition) is 1. The first-order valence-corrected chi connectivity index (χ1v) is 6.04. The monoisotopic (exact) mass is 202 g/mol. The van der Waals surface area contributed by atoms with Gasteiger partial charge >= 0.3 is 0 Å². The number of rotatable bonds is 3. The molecule has 1 aliphatic heterocycles. The van der Waals surface area contributed by atoms with Crippen molar-refractivity contribution in [3.63, 3.8) is 0 Å². The zero-order valence-corrected chi connectivity index (χ0v) is 9.19. The Morgan fingerprint density at radius 2 is 2.15 bits per heavy atom. The van der Waals surface area contributed by atoms with E-state index in [0.717, 1.165) is 26.2 Å². The highest BCUT2D eigenvalue weighted by Gasteiger charge is 2.17. The third-order valence-corrected chi connectivity index (χ3v) is 3.31. The molecule has 1 fully saturated rings. The first-order chi connectivity index (χ1) is 6.24. The third kappa shape index (κ3) is 3.56. The molecule has 1 rings (SSSR count). The fraction of sp³-hybridized carbons (Fsp3) is 0.889. The molecular formula is C9H18N2OS. The van der Waals surface area contributed by atoms with Gasteiger partial charge in [-0.25, -0.2) is 0 Å². The molecule has 1 saturated heterocycles. The molecule has 0 radical (unpaired) electrons. The molecule has 1 amide bonds. The normalized spacial score (nSPS) is 20.0. The summed E-state index contributed by atoms with van der Waals surface area (Å²) < 4.78 is 0. The highest BCUT2D eigenvalue weighted by molar-refractivity contribution is 7.99. The van der Waals surface area contributed by atoms with Crippen LogP contribution in [0.5, 0.6) is 0 Å². The molecule has 4 heteroatoms. The van der Waals surface area contributed by atoms with Gasteiger partial charge in [-0.1, -0.05) is 6.92 Å². The van der Waals surface area contributed by atoms with E-state index in [2.05, 4.69) is 18.5 Å². The van der Waals surface area contributed by atoms with Gasteiger partial charge in [-0.2, -0.15) is 11.8 Å². The van der Waals surface area contributed by atoms with Gasteiger partial charge in [0.1, 0.15) is 0 Å². The van der Waals surface area contributed by atoms with E-state index in [-0.39, 0.29) is 0 Å². The highest BCUT2D eigenvalue weighted by atomic mass is 32.2. The number of carbonyl (C=O) groups is 1. The Balaban J connectivity index is 2.29. The molecule has 76 valence electrons. The van der Waals surface area contributed by atoms with Gasteiger partial charge < -0.3 is 10.2 Å². The zero-order chi connectivity index (χ0) is 9.68. The topological polar surface area (TPSA) is 32.3 Å². The highest BCUT2D eigenvalue weighted by Crippen LogP contribution is 2.11. The van der Waals surface area contributed by atoms with Crippen LogP contribution in [0.3, 0.4) is 0 Å². The summed E-state index contributed by atoms with van der Waals surface area (Å²) in [5.74, 6) is 0.309. The van der Waals surface area contributed by atoms with E-state index < -0.39 is 0 Å². The Morgan fingerprint density at radius 1 is 1.54 bits per heavy atom. The number of carbonyl (C=O) groups excluding carboxylic acids is 1. The van der Waals surface area contributed by atoms with Crippen LogP contribution >= 0.6 is 11.8 Å². The average molecular weight is 202 g/mol. The van der Waals surface area contributed by atoms with E-state index in [1.165, 1.54) is 0 Å². The van der Waals surface area contributed by atoms with E-state index in [4.69, 9.17) is 0 Å². The second-order valence-corrected chi connectivity index (χ2v) is 4.66. The summed E-state index contributed by atoms with van der Waals surface area (Å²) in [6, 6.07) is 0. The second kappa shape index (κ2) is 5.50. The van der Waals surface area contributed by atoms with E-state index in [1.54, 1.807) is 11.8 Å². The lowest BCUT2D eigenvalue weighted by atomic mass is 10.2. The molecular weight excluding hydrogens is 184 g/mol. The molecule has 3 nitrogen and oxygen atoms in total. The number of hydrogen-bond acceptors (Lipinski definition) is 3. The molecule has 1 N–H and O–H groups in total. The van der Waals surface area contributed by atoms with Crippen LogP contribution < -0.4 is 5.32 Å². The van der Waals surface area contributed by atoms with Crippen molar-refractivity contribution in [3.05, 3.63) is 0 Å². The summed E-state index contributed by atoms with van der Waals surface area (Å²) in [5.41, 5.74) is 0. The molecule has 0 saturated carbocycles. The van der Waals surface area contributed by atoms with Crippen molar-refractivity contribution in [2.24, 2.45) is 0 Å². The van der Waals surface area contributed by atoms with Gasteiger partial charge in [0.25, 0.3) is 0 Å². The maximum absolute atomic E-state index is 11.7. The molecule has 0 spiro atoms. The predicted octanol–water partition coefficient (Wildman–Crippen LogP) is 0.560. The maximum Gasteiger partial charge on any atom is 0.223 e. The van der Waals surface area contributed by atoms with Crippen LogP contribution in [0.2, 0.25) is 0 Å². The Kier molecular flexibility index (Phi) is 4.59. The Morgan fingerprint density at radius 3 is 2.69 bits per heavy atom. The lowest BCUT2D eigenvalue weighted by Gasteiger charge is -2.28. The zero-order valence-electron chi connectivity index (χ0n) is 8.38. The van der Waals surface area contributed by atoms with Crippen molar-refractivity contribution in [1.29, 1.82) is 0 Å². The summed E-state index contributed by atoms with van der Waals surface area (Å²) >= 11 is 1.75. The second-order valence-electron chi connectivity index (χ2n) is 3.38. The van der Waals surface area contributed by atoms with Crippen molar-refractivity contribution in [2.75, 3.05) is 32.4 Å². The molecule has 1 atom stereocenters. The molecule has 0 unspecified atom stereocenters. The minimum Gasteiger partial charge on any atom is -0.340 e. The predicted molar refractivity (Wildman–Crippen MR) is 57.0 cm³/mol. The average Bonchev–Trinajstić information content (AvgIpc) is 2.19. The van der Waals surface area contributed by atoms with Crippen molar-refractivity contribution in [2.45, 2.75) is 18.6 Å². The number of nitrogens with zero attached hydrogens (tertiary/aromatic N) is 1. The van der Waals surface area contributed by atoms with E-state index in [1.807, 2.05) is 4.90 Å². The Labute approximate surface area is 84.2 Å². The van der Waals surface area contributed by atoms with Gasteiger partial charge in [-0.3, -0.25) is 4.79 Å².